The van der Waals surface area contributed by atoms with Gasteiger partial charge in [-0.2, -0.15) is 0 Å². The van der Waals surface area contributed by atoms with Gasteiger partial charge in [0, 0.05) is 25.6 Å². The maximum Gasteiger partial charge on any atom is 0.325 e. The highest BCUT2D eigenvalue weighted by Gasteiger charge is 2.55. The number of imide groups is 1. The second kappa shape index (κ2) is 11.2. The first kappa shape index (κ1) is 25.1. The second-order valence-electron chi connectivity index (χ2n) is 9.25. The van der Waals surface area contributed by atoms with Crippen LogP contribution < -0.4 is 10.1 Å². The van der Waals surface area contributed by atoms with Crippen molar-refractivity contribution >= 4 is 11.9 Å². The van der Waals surface area contributed by atoms with E-state index in [9.17, 15) is 14.0 Å². The molecule has 8 heteroatoms. The molecule has 35 heavy (non-hydrogen) atoms. The van der Waals surface area contributed by atoms with E-state index in [1.807, 2.05) is 25.1 Å². The van der Waals surface area contributed by atoms with E-state index in [0.717, 1.165) is 49.4 Å². The van der Waals surface area contributed by atoms with Crippen LogP contribution in [0, 0.1) is 11.7 Å². The average molecular weight is 484 g/mol. The lowest BCUT2D eigenvalue weighted by Gasteiger charge is -2.41. The molecule has 2 aliphatic heterocycles. The molecule has 2 saturated heterocycles. The Kier molecular flexibility index (Phi) is 8.03. The fraction of sp³-hybridized carbons (Fsp3) is 0.481. The van der Waals surface area contributed by atoms with Crippen molar-refractivity contribution in [2.45, 2.75) is 38.3 Å². The second-order valence-corrected chi connectivity index (χ2v) is 9.25. The molecule has 7 nitrogen and oxygen atoms in total. The SMILES string of the molecule is CCOc1ccccc1CN1CCC(C2(Cc3ccc(F)cc3)NC(=O)N(CCOC)C2=O)CC1. The van der Waals surface area contributed by atoms with Crippen molar-refractivity contribution in [3.8, 4) is 5.75 Å². The molecule has 1 N–H and O–H groups in total. The third-order valence-electron chi connectivity index (χ3n) is 7.07. The molecule has 0 aliphatic carbocycles. The van der Waals surface area contributed by atoms with E-state index >= 15 is 0 Å². The van der Waals surface area contributed by atoms with Gasteiger partial charge in [0.1, 0.15) is 17.1 Å². The molecule has 1 atom stereocenters. The number of amides is 3. The minimum atomic E-state index is -1.04. The van der Waals surface area contributed by atoms with Crippen molar-refractivity contribution in [3.05, 3.63) is 65.5 Å². The number of carbonyl (C=O) groups is 2. The number of piperidine rings is 1. The zero-order valence-electron chi connectivity index (χ0n) is 20.5. The molecule has 2 aliphatic rings. The molecule has 1 unspecified atom stereocenters. The summed E-state index contributed by atoms with van der Waals surface area (Å²) in [7, 11) is 1.55. The van der Waals surface area contributed by atoms with E-state index in [2.05, 4.69) is 16.3 Å². The first-order chi connectivity index (χ1) is 17.0. The minimum Gasteiger partial charge on any atom is -0.494 e. The Bertz CT molecular complexity index is 1020. The number of halogens is 1. The van der Waals surface area contributed by atoms with Gasteiger partial charge in [-0.3, -0.25) is 14.6 Å². The normalized spacial score (nSPS) is 21.4. The van der Waals surface area contributed by atoms with Gasteiger partial charge in [-0.1, -0.05) is 30.3 Å². The van der Waals surface area contributed by atoms with Crippen LogP contribution in [0.5, 0.6) is 5.75 Å². The fourth-order valence-electron chi connectivity index (χ4n) is 5.25. The van der Waals surface area contributed by atoms with E-state index in [1.54, 1.807) is 19.2 Å². The third-order valence-corrected chi connectivity index (χ3v) is 7.07. The molecule has 0 aromatic heterocycles. The molecular weight excluding hydrogens is 449 g/mol. The molecule has 0 bridgehead atoms. The number of carbonyl (C=O) groups excluding carboxylic acids is 2. The van der Waals surface area contributed by atoms with Gasteiger partial charge in [-0.25, -0.2) is 9.18 Å². The van der Waals surface area contributed by atoms with Gasteiger partial charge in [-0.05, 0) is 62.5 Å². The molecule has 4 rings (SSSR count). The number of para-hydroxylation sites is 1. The summed E-state index contributed by atoms with van der Waals surface area (Å²) in [6.45, 7) is 5.46. The zero-order valence-corrected chi connectivity index (χ0v) is 20.5. The number of ether oxygens (including phenoxy) is 2. The van der Waals surface area contributed by atoms with Crippen LogP contribution in [-0.2, 0) is 22.5 Å². The van der Waals surface area contributed by atoms with Crippen molar-refractivity contribution in [1.29, 1.82) is 0 Å². The number of rotatable bonds is 10. The van der Waals surface area contributed by atoms with Crippen molar-refractivity contribution < 1.29 is 23.5 Å². The highest BCUT2D eigenvalue weighted by atomic mass is 19.1. The van der Waals surface area contributed by atoms with Crippen LogP contribution in [0.2, 0.25) is 0 Å². The maximum atomic E-state index is 13.7. The van der Waals surface area contributed by atoms with Gasteiger partial charge in [0.25, 0.3) is 5.91 Å². The van der Waals surface area contributed by atoms with E-state index in [-0.39, 0.29) is 36.8 Å². The largest absolute Gasteiger partial charge is 0.494 e. The monoisotopic (exact) mass is 483 g/mol. The van der Waals surface area contributed by atoms with E-state index in [0.29, 0.717) is 13.0 Å². The van der Waals surface area contributed by atoms with Crippen molar-refractivity contribution in [1.82, 2.24) is 15.1 Å². The smallest absolute Gasteiger partial charge is 0.325 e. The summed E-state index contributed by atoms with van der Waals surface area (Å²) >= 11 is 0. The van der Waals surface area contributed by atoms with Gasteiger partial charge in [0.15, 0.2) is 0 Å². The summed E-state index contributed by atoms with van der Waals surface area (Å²) in [4.78, 5) is 30.2. The summed E-state index contributed by atoms with van der Waals surface area (Å²) in [6.07, 6.45) is 1.86. The number of likely N-dealkylation sites (tertiary alicyclic amines) is 1. The van der Waals surface area contributed by atoms with Crippen LogP contribution in [0.4, 0.5) is 9.18 Å². The standard InChI is InChI=1S/C27H34FN3O4/c1-3-35-24-7-5-4-6-21(24)19-30-14-12-22(13-15-30)27(18-20-8-10-23(28)11-9-20)25(32)31(16-17-34-2)26(33)29-27/h4-11,22H,3,12-19H2,1-2H3,(H,29,33). The van der Waals surface area contributed by atoms with Crippen LogP contribution in [0.3, 0.4) is 0 Å². The van der Waals surface area contributed by atoms with E-state index < -0.39 is 5.54 Å². The lowest BCUT2D eigenvalue weighted by molar-refractivity contribution is -0.134. The Hall–Kier alpha value is -2.97. The predicted molar refractivity (Wildman–Crippen MR) is 131 cm³/mol. The number of nitrogens with zero attached hydrogens (tertiary/aromatic N) is 2. The summed E-state index contributed by atoms with van der Waals surface area (Å²) in [6, 6.07) is 13.8. The first-order valence-electron chi connectivity index (χ1n) is 12.3. The minimum absolute atomic E-state index is 0.0325. The Morgan fingerprint density at radius 3 is 2.49 bits per heavy atom. The summed E-state index contributed by atoms with van der Waals surface area (Å²) < 4.78 is 24.4. The van der Waals surface area contributed by atoms with Crippen LogP contribution in [-0.4, -0.2) is 67.2 Å². The molecule has 188 valence electrons. The Labute approximate surface area is 206 Å². The number of methoxy groups -OCH3 is 1. The Morgan fingerprint density at radius 2 is 1.80 bits per heavy atom. The maximum absolute atomic E-state index is 13.7. The number of hydrogen-bond donors (Lipinski definition) is 1. The summed E-state index contributed by atoms with van der Waals surface area (Å²) in [5.74, 6) is 0.322. The van der Waals surface area contributed by atoms with E-state index in [4.69, 9.17) is 9.47 Å². The van der Waals surface area contributed by atoms with Gasteiger partial charge < -0.3 is 14.8 Å². The lowest BCUT2D eigenvalue weighted by atomic mass is 9.74. The molecule has 2 heterocycles. The van der Waals surface area contributed by atoms with Crippen LogP contribution in [0.25, 0.3) is 0 Å². The Balaban J connectivity index is 1.51. The topological polar surface area (TPSA) is 71.1 Å². The molecular formula is C27H34FN3O4. The fourth-order valence-corrected chi connectivity index (χ4v) is 5.25. The number of hydrogen-bond acceptors (Lipinski definition) is 5. The van der Waals surface area contributed by atoms with Crippen LogP contribution in [0.1, 0.15) is 30.9 Å². The molecule has 0 radical (unpaired) electrons. The zero-order chi connectivity index (χ0) is 24.8. The highest BCUT2D eigenvalue weighted by Crippen LogP contribution is 2.37. The predicted octanol–water partition coefficient (Wildman–Crippen LogP) is 3.62. The quantitative estimate of drug-likeness (QED) is 0.523. The average Bonchev–Trinajstić information content (AvgIpc) is 3.10. The molecule has 2 fully saturated rings. The Morgan fingerprint density at radius 1 is 1.09 bits per heavy atom. The molecule has 3 amide bonds. The van der Waals surface area contributed by atoms with Gasteiger partial charge >= 0.3 is 6.03 Å². The first-order valence-corrected chi connectivity index (χ1v) is 12.3. The molecule has 2 aromatic rings. The van der Waals surface area contributed by atoms with Crippen molar-refractivity contribution in [2.75, 3.05) is 40.0 Å². The molecule has 0 spiro atoms. The van der Waals surface area contributed by atoms with E-state index in [1.165, 1.54) is 17.0 Å². The van der Waals surface area contributed by atoms with Crippen LogP contribution >= 0.6 is 0 Å². The van der Waals surface area contributed by atoms with Crippen LogP contribution in [0.15, 0.2) is 48.5 Å². The molecule has 2 aromatic carbocycles. The molecule has 0 saturated carbocycles. The lowest BCUT2D eigenvalue weighted by Crippen LogP contribution is -2.57. The van der Waals surface area contributed by atoms with Crippen molar-refractivity contribution in [2.24, 2.45) is 5.92 Å². The van der Waals surface area contributed by atoms with Crippen molar-refractivity contribution in [3.63, 3.8) is 0 Å². The summed E-state index contributed by atoms with van der Waals surface area (Å²) in [5.41, 5.74) is 0.921. The van der Waals surface area contributed by atoms with Gasteiger partial charge in [0.2, 0.25) is 0 Å². The number of benzene rings is 2. The third kappa shape index (κ3) is 5.49. The van der Waals surface area contributed by atoms with Gasteiger partial charge in [-0.15, -0.1) is 0 Å². The number of nitrogens with one attached hydrogen (secondary N) is 1. The summed E-state index contributed by atoms with van der Waals surface area (Å²) in [5, 5.41) is 3.05. The highest BCUT2D eigenvalue weighted by molar-refractivity contribution is 6.07. The van der Waals surface area contributed by atoms with Gasteiger partial charge in [0.05, 0.1) is 19.8 Å². The number of urea groups is 1.